The van der Waals surface area contributed by atoms with E-state index in [0.717, 1.165) is 18.5 Å². The summed E-state index contributed by atoms with van der Waals surface area (Å²) in [5.74, 6) is -0.680. The van der Waals surface area contributed by atoms with Crippen molar-refractivity contribution in [3.63, 3.8) is 0 Å². The first-order valence-electron chi connectivity index (χ1n) is 10.1. The number of halogens is 1. The van der Waals surface area contributed by atoms with Crippen LogP contribution in [-0.2, 0) is 9.59 Å². The normalized spacial score (nSPS) is 18.8. The summed E-state index contributed by atoms with van der Waals surface area (Å²) < 4.78 is 1.91. The van der Waals surface area contributed by atoms with Gasteiger partial charge in [0.1, 0.15) is 5.82 Å². The molecule has 0 aliphatic carbocycles. The molecule has 1 saturated heterocycles. The molecule has 3 aromatic heterocycles. The number of hydrogen-bond acceptors (Lipinski definition) is 6. The molecule has 1 aliphatic heterocycles. The lowest BCUT2D eigenvalue weighted by atomic mass is 9.92. The highest BCUT2D eigenvalue weighted by molar-refractivity contribution is 6.40. The highest BCUT2D eigenvalue weighted by Gasteiger charge is 2.36. The Kier molecular flexibility index (Phi) is 6.49. The van der Waals surface area contributed by atoms with Gasteiger partial charge in [-0.3, -0.25) is 19.4 Å². The fourth-order valence-corrected chi connectivity index (χ4v) is 4.06. The van der Waals surface area contributed by atoms with Crippen molar-refractivity contribution < 1.29 is 9.59 Å². The maximum absolute atomic E-state index is 13.2. The van der Waals surface area contributed by atoms with Crippen LogP contribution in [0, 0.1) is 5.92 Å². The van der Waals surface area contributed by atoms with Crippen LogP contribution in [0.3, 0.4) is 0 Å². The fourth-order valence-electron chi connectivity index (χ4n) is 4.06. The Labute approximate surface area is 186 Å². The van der Waals surface area contributed by atoms with Crippen molar-refractivity contribution in [2.75, 3.05) is 17.6 Å². The maximum Gasteiger partial charge on any atom is 0.314 e. The number of H-pyrrole nitrogens is 1. The van der Waals surface area contributed by atoms with E-state index in [2.05, 4.69) is 32.5 Å². The van der Waals surface area contributed by atoms with Crippen LogP contribution in [0.1, 0.15) is 51.4 Å². The van der Waals surface area contributed by atoms with Gasteiger partial charge in [0, 0.05) is 18.8 Å². The summed E-state index contributed by atoms with van der Waals surface area (Å²) in [6, 6.07) is 1.90. The van der Waals surface area contributed by atoms with Gasteiger partial charge in [-0.25, -0.2) is 4.98 Å². The number of amides is 2. The predicted molar refractivity (Wildman–Crippen MR) is 120 cm³/mol. The minimum absolute atomic E-state index is 0. The number of nitrogens with zero attached hydrogens (tertiary/aromatic N) is 5. The molecule has 4 heterocycles. The van der Waals surface area contributed by atoms with Crippen molar-refractivity contribution in [1.82, 2.24) is 29.9 Å². The number of rotatable bonds is 3. The Hall–Kier alpha value is -3.14. The van der Waals surface area contributed by atoms with Crippen molar-refractivity contribution in [3.05, 3.63) is 30.4 Å². The van der Waals surface area contributed by atoms with Crippen LogP contribution in [0.25, 0.3) is 10.9 Å². The molecule has 31 heavy (non-hydrogen) atoms. The van der Waals surface area contributed by atoms with Crippen molar-refractivity contribution in [1.29, 1.82) is 0 Å². The molecular formula is C20H27ClN8O2. The molecule has 1 fully saturated rings. The van der Waals surface area contributed by atoms with E-state index in [1.165, 1.54) is 12.4 Å². The number of piperidine rings is 1. The van der Waals surface area contributed by atoms with Crippen LogP contribution in [-0.4, -0.2) is 48.2 Å². The van der Waals surface area contributed by atoms with Crippen LogP contribution in [0.5, 0.6) is 0 Å². The van der Waals surface area contributed by atoms with E-state index < -0.39 is 11.8 Å². The second kappa shape index (κ2) is 8.93. The number of hydrogen-bond donors (Lipinski definition) is 3. The molecule has 0 saturated carbocycles. The first kappa shape index (κ1) is 22.5. The van der Waals surface area contributed by atoms with Crippen LogP contribution in [0.2, 0.25) is 0 Å². The quantitative estimate of drug-likeness (QED) is 0.529. The zero-order chi connectivity index (χ0) is 21.4. The van der Waals surface area contributed by atoms with Gasteiger partial charge in [-0.05, 0) is 38.7 Å². The van der Waals surface area contributed by atoms with Crippen molar-refractivity contribution in [2.45, 2.75) is 45.7 Å². The highest BCUT2D eigenvalue weighted by atomic mass is 35.5. The van der Waals surface area contributed by atoms with Crippen molar-refractivity contribution >= 4 is 46.6 Å². The van der Waals surface area contributed by atoms with Gasteiger partial charge in [-0.1, -0.05) is 6.92 Å². The third-order valence-corrected chi connectivity index (χ3v) is 5.57. The number of nitrogen functional groups attached to an aromatic ring is 1. The number of pyridine rings is 1. The fraction of sp³-hybridized carbons (Fsp3) is 0.450. The second-order valence-corrected chi connectivity index (χ2v) is 8.12. The molecular weight excluding hydrogens is 420 g/mol. The van der Waals surface area contributed by atoms with E-state index in [1.54, 1.807) is 11.1 Å². The first-order valence-corrected chi connectivity index (χ1v) is 10.1. The molecule has 10 nitrogen and oxygen atoms in total. The Balaban J connectivity index is 0.00000272. The standard InChI is InChI=1S/C20H26N8O2.ClH/c1-11(2)28-16(6-7-24-28)15-5-4-12(3)10-27(15)20(30)19(29)25-14-9-22-18(21)13-8-23-26-17(13)14;/h6-9,11-12,15H,4-5,10H2,1-3H3,(H2,21,22)(H,23,26)(H,25,29);1H. The minimum Gasteiger partial charge on any atom is -0.383 e. The molecule has 11 heteroatoms. The van der Waals surface area contributed by atoms with E-state index in [4.69, 9.17) is 5.73 Å². The number of nitrogens with one attached hydrogen (secondary N) is 2. The van der Waals surface area contributed by atoms with Gasteiger partial charge in [-0.15, -0.1) is 12.4 Å². The van der Waals surface area contributed by atoms with Crippen LogP contribution in [0.15, 0.2) is 24.7 Å². The summed E-state index contributed by atoms with van der Waals surface area (Å²) in [5, 5.41) is 14.4. The largest absolute Gasteiger partial charge is 0.383 e. The second-order valence-electron chi connectivity index (χ2n) is 8.12. The number of carbonyl (C=O) groups excluding carboxylic acids is 2. The zero-order valence-electron chi connectivity index (χ0n) is 17.7. The summed E-state index contributed by atoms with van der Waals surface area (Å²) in [5.41, 5.74) is 7.68. The predicted octanol–water partition coefficient (Wildman–Crippen LogP) is 2.68. The molecule has 0 spiro atoms. The lowest BCUT2D eigenvalue weighted by Gasteiger charge is -2.38. The molecule has 4 N–H and O–H groups in total. The molecule has 4 rings (SSSR count). The van der Waals surface area contributed by atoms with Crippen molar-refractivity contribution in [2.24, 2.45) is 5.92 Å². The number of likely N-dealkylation sites (tertiary alicyclic amines) is 1. The number of nitrogens with two attached hydrogens (primary N) is 1. The van der Waals surface area contributed by atoms with Gasteiger partial charge >= 0.3 is 11.8 Å². The maximum atomic E-state index is 13.2. The zero-order valence-corrected chi connectivity index (χ0v) is 18.5. The summed E-state index contributed by atoms with van der Waals surface area (Å²) in [4.78, 5) is 31.8. The Morgan fingerprint density at radius 3 is 2.81 bits per heavy atom. The van der Waals surface area contributed by atoms with Gasteiger partial charge in [-0.2, -0.15) is 10.2 Å². The van der Waals surface area contributed by atoms with E-state index in [1.807, 2.05) is 24.6 Å². The number of aromatic amines is 1. The van der Waals surface area contributed by atoms with Crippen LogP contribution >= 0.6 is 12.4 Å². The molecule has 2 atom stereocenters. The Morgan fingerprint density at radius 1 is 1.29 bits per heavy atom. The summed E-state index contributed by atoms with van der Waals surface area (Å²) in [6.45, 7) is 6.70. The van der Waals surface area contributed by atoms with E-state index in [-0.39, 0.29) is 24.5 Å². The van der Waals surface area contributed by atoms with Gasteiger partial charge in [0.25, 0.3) is 0 Å². The minimum atomic E-state index is -0.716. The summed E-state index contributed by atoms with van der Waals surface area (Å²) in [6.07, 6.45) is 6.46. The monoisotopic (exact) mass is 446 g/mol. The van der Waals surface area contributed by atoms with Gasteiger partial charge in [0.2, 0.25) is 0 Å². The molecule has 0 bridgehead atoms. The average Bonchev–Trinajstić information content (AvgIpc) is 3.39. The van der Waals surface area contributed by atoms with Gasteiger partial charge in [0.05, 0.1) is 40.7 Å². The molecule has 2 unspecified atom stereocenters. The summed E-state index contributed by atoms with van der Waals surface area (Å²) in [7, 11) is 0. The topological polar surface area (TPSA) is 135 Å². The molecule has 1 aliphatic rings. The SMILES string of the molecule is CC1CCC(c2ccnn2C(C)C)N(C(=O)C(=O)Nc2cnc(N)c3cn[nH]c23)C1.Cl. The lowest BCUT2D eigenvalue weighted by Crippen LogP contribution is -2.47. The number of anilines is 2. The lowest BCUT2D eigenvalue weighted by molar-refractivity contribution is -0.146. The number of carbonyl (C=O) groups is 2. The van der Waals surface area contributed by atoms with Gasteiger partial charge < -0.3 is 16.0 Å². The third kappa shape index (κ3) is 4.20. The van der Waals surface area contributed by atoms with E-state index in [0.29, 0.717) is 34.9 Å². The summed E-state index contributed by atoms with van der Waals surface area (Å²) >= 11 is 0. The van der Waals surface area contributed by atoms with Crippen LogP contribution in [0.4, 0.5) is 11.5 Å². The van der Waals surface area contributed by atoms with Crippen molar-refractivity contribution in [3.8, 4) is 0 Å². The Morgan fingerprint density at radius 2 is 2.06 bits per heavy atom. The van der Waals surface area contributed by atoms with Crippen LogP contribution < -0.4 is 11.1 Å². The first-order chi connectivity index (χ1) is 14.4. The average molecular weight is 447 g/mol. The van der Waals surface area contributed by atoms with E-state index >= 15 is 0 Å². The molecule has 3 aromatic rings. The molecule has 166 valence electrons. The Bertz CT molecular complexity index is 1090. The molecule has 0 radical (unpaired) electrons. The molecule has 0 aromatic carbocycles. The van der Waals surface area contributed by atoms with Gasteiger partial charge in [0.15, 0.2) is 0 Å². The number of aromatic nitrogens is 5. The molecule has 2 amide bonds. The smallest absolute Gasteiger partial charge is 0.314 e. The number of fused-ring (bicyclic) bond motifs is 1. The highest BCUT2D eigenvalue weighted by Crippen LogP contribution is 2.34. The van der Waals surface area contributed by atoms with E-state index in [9.17, 15) is 9.59 Å². The third-order valence-electron chi connectivity index (χ3n) is 5.57.